The fraction of sp³-hybridized carbons (Fsp3) is 0.500. The minimum absolute atomic E-state index is 0. The lowest BCUT2D eigenvalue weighted by Crippen LogP contribution is -2.52. The molecule has 0 radical (unpaired) electrons. The van der Waals surface area contributed by atoms with Gasteiger partial charge >= 0.3 is 0 Å². The van der Waals surface area contributed by atoms with Crippen LogP contribution in [0.25, 0.3) is 0 Å². The van der Waals surface area contributed by atoms with Gasteiger partial charge < -0.3 is 15.1 Å². The largest absolute Gasteiger partial charge is 0.368 e. The van der Waals surface area contributed by atoms with Crippen molar-refractivity contribution in [3.63, 3.8) is 0 Å². The topological polar surface area (TPSA) is 48.7 Å². The summed E-state index contributed by atoms with van der Waals surface area (Å²) in [5.74, 6) is 1.04. The summed E-state index contributed by atoms with van der Waals surface area (Å²) in [5.41, 5.74) is 2.52. The van der Waals surface area contributed by atoms with E-state index < -0.39 is 0 Å². The smallest absolute Gasteiger partial charge is 0.194 e. The first-order valence-corrected chi connectivity index (χ1v) is 9.58. The molecule has 0 atom stereocenters. The van der Waals surface area contributed by atoms with Gasteiger partial charge in [0, 0.05) is 57.7 Å². The number of hydrogen-bond acceptors (Lipinski definition) is 3. The Morgan fingerprint density at radius 3 is 2.52 bits per heavy atom. The van der Waals surface area contributed by atoms with Gasteiger partial charge in [-0.05, 0) is 38.0 Å². The Bertz CT molecular complexity index is 692. The van der Waals surface area contributed by atoms with Crippen LogP contribution in [0.2, 0.25) is 0 Å². The van der Waals surface area contributed by atoms with E-state index in [2.05, 4.69) is 70.6 Å². The highest BCUT2D eigenvalue weighted by Crippen LogP contribution is 2.15. The molecule has 148 valence electrons. The first-order valence-electron chi connectivity index (χ1n) is 9.58. The fourth-order valence-electron chi connectivity index (χ4n) is 3.25. The number of nitrogens with one attached hydrogen (secondary N) is 1. The van der Waals surface area contributed by atoms with Crippen molar-refractivity contribution in [1.29, 1.82) is 0 Å². The van der Waals surface area contributed by atoms with Crippen molar-refractivity contribution >= 4 is 35.6 Å². The lowest BCUT2D eigenvalue weighted by atomic mass is 10.2. The molecular formula is C20H31IN6. The molecule has 0 amide bonds. The number of aliphatic imine (C=N–C) groups is 1. The Morgan fingerprint density at radius 2 is 1.89 bits per heavy atom. The molecule has 1 aliphatic rings. The Hall–Kier alpha value is -1.77. The molecule has 7 heteroatoms. The molecule has 1 N–H and O–H groups in total. The molecule has 0 saturated carbocycles. The minimum Gasteiger partial charge on any atom is -0.368 e. The molecule has 1 fully saturated rings. The molecule has 0 aliphatic carbocycles. The van der Waals surface area contributed by atoms with E-state index in [-0.39, 0.29) is 24.0 Å². The van der Waals surface area contributed by atoms with Gasteiger partial charge in [0.15, 0.2) is 5.96 Å². The van der Waals surface area contributed by atoms with Crippen LogP contribution >= 0.6 is 24.0 Å². The first kappa shape index (κ1) is 21.5. The van der Waals surface area contributed by atoms with E-state index in [4.69, 9.17) is 4.99 Å². The third-order valence-electron chi connectivity index (χ3n) is 4.60. The van der Waals surface area contributed by atoms with Crippen LogP contribution in [0.3, 0.4) is 0 Å². The third-order valence-corrected chi connectivity index (χ3v) is 4.60. The second-order valence-corrected chi connectivity index (χ2v) is 6.68. The highest BCUT2D eigenvalue weighted by atomic mass is 127. The molecule has 0 unspecified atom stereocenters. The van der Waals surface area contributed by atoms with E-state index in [9.17, 15) is 0 Å². The van der Waals surface area contributed by atoms with Crippen molar-refractivity contribution in [1.82, 2.24) is 20.0 Å². The van der Waals surface area contributed by atoms with E-state index in [1.165, 1.54) is 11.3 Å². The van der Waals surface area contributed by atoms with Gasteiger partial charge in [-0.3, -0.25) is 9.67 Å². The number of para-hydroxylation sites is 1. The molecular weight excluding hydrogens is 451 g/mol. The second-order valence-electron chi connectivity index (χ2n) is 6.68. The van der Waals surface area contributed by atoms with Gasteiger partial charge in [0.05, 0.1) is 6.20 Å². The predicted octanol–water partition coefficient (Wildman–Crippen LogP) is 2.99. The number of guanidine groups is 1. The van der Waals surface area contributed by atoms with Crippen molar-refractivity contribution in [2.75, 3.05) is 44.2 Å². The SMILES string of the molecule is CCNC(=NCCCn1cc(C)cn1)N1CCN(c2ccccc2)CC1.I. The Labute approximate surface area is 179 Å². The summed E-state index contributed by atoms with van der Waals surface area (Å²) in [5, 5.41) is 7.78. The molecule has 2 aromatic rings. The number of piperazine rings is 1. The van der Waals surface area contributed by atoms with Gasteiger partial charge in [-0.1, -0.05) is 18.2 Å². The molecule has 0 spiro atoms. The van der Waals surface area contributed by atoms with Gasteiger partial charge in [-0.15, -0.1) is 24.0 Å². The second kappa shape index (κ2) is 11.2. The Morgan fingerprint density at radius 1 is 1.15 bits per heavy atom. The number of hydrogen-bond donors (Lipinski definition) is 1. The number of aromatic nitrogens is 2. The average Bonchev–Trinajstić information content (AvgIpc) is 3.10. The van der Waals surface area contributed by atoms with E-state index in [1.807, 2.05) is 10.9 Å². The molecule has 1 aromatic carbocycles. The maximum absolute atomic E-state index is 4.83. The number of aryl methyl sites for hydroxylation is 2. The summed E-state index contributed by atoms with van der Waals surface area (Å²) in [6, 6.07) is 10.7. The van der Waals surface area contributed by atoms with Gasteiger partial charge in [0.25, 0.3) is 0 Å². The number of anilines is 1. The van der Waals surface area contributed by atoms with Crippen LogP contribution in [0.5, 0.6) is 0 Å². The summed E-state index contributed by atoms with van der Waals surface area (Å²) < 4.78 is 2.00. The Kier molecular flexibility index (Phi) is 8.90. The Balaban J connectivity index is 0.00000261. The summed E-state index contributed by atoms with van der Waals surface area (Å²) >= 11 is 0. The number of rotatable bonds is 6. The maximum Gasteiger partial charge on any atom is 0.194 e. The zero-order chi connectivity index (χ0) is 18.2. The van der Waals surface area contributed by atoms with E-state index in [0.717, 1.165) is 58.2 Å². The van der Waals surface area contributed by atoms with Crippen LogP contribution in [-0.4, -0.2) is 59.9 Å². The molecule has 0 bridgehead atoms. The summed E-state index contributed by atoms with van der Waals surface area (Å²) in [6.45, 7) is 10.9. The monoisotopic (exact) mass is 482 g/mol. The van der Waals surface area contributed by atoms with Crippen LogP contribution < -0.4 is 10.2 Å². The summed E-state index contributed by atoms with van der Waals surface area (Å²) in [6.07, 6.45) is 4.98. The maximum atomic E-state index is 4.83. The standard InChI is InChI=1S/C20H30N6.HI/c1-3-21-20(22-10-7-11-26-17-18(2)16-23-26)25-14-12-24(13-15-25)19-8-5-4-6-9-19;/h4-6,8-9,16-17H,3,7,10-15H2,1-2H3,(H,21,22);1H. The van der Waals surface area contributed by atoms with Crippen molar-refractivity contribution in [2.45, 2.75) is 26.8 Å². The number of nitrogens with zero attached hydrogens (tertiary/aromatic N) is 5. The van der Waals surface area contributed by atoms with Crippen molar-refractivity contribution in [3.05, 3.63) is 48.3 Å². The van der Waals surface area contributed by atoms with Crippen LogP contribution in [0, 0.1) is 6.92 Å². The van der Waals surface area contributed by atoms with Crippen LogP contribution in [0.15, 0.2) is 47.7 Å². The van der Waals surface area contributed by atoms with Crippen molar-refractivity contribution in [2.24, 2.45) is 4.99 Å². The van der Waals surface area contributed by atoms with Gasteiger partial charge in [-0.2, -0.15) is 5.10 Å². The number of benzene rings is 1. The lowest BCUT2D eigenvalue weighted by Gasteiger charge is -2.37. The van der Waals surface area contributed by atoms with Crippen LogP contribution in [0.1, 0.15) is 18.9 Å². The number of halogens is 1. The normalized spacial score (nSPS) is 14.8. The average molecular weight is 482 g/mol. The molecule has 2 heterocycles. The predicted molar refractivity (Wildman–Crippen MR) is 123 cm³/mol. The molecule has 1 aliphatic heterocycles. The minimum atomic E-state index is 0. The van der Waals surface area contributed by atoms with Crippen molar-refractivity contribution in [3.8, 4) is 0 Å². The molecule has 1 saturated heterocycles. The lowest BCUT2D eigenvalue weighted by molar-refractivity contribution is 0.372. The summed E-state index contributed by atoms with van der Waals surface area (Å²) in [4.78, 5) is 9.65. The molecule has 1 aromatic heterocycles. The first-order chi connectivity index (χ1) is 12.8. The zero-order valence-electron chi connectivity index (χ0n) is 16.3. The van der Waals surface area contributed by atoms with E-state index >= 15 is 0 Å². The van der Waals surface area contributed by atoms with Gasteiger partial charge in [-0.25, -0.2) is 0 Å². The van der Waals surface area contributed by atoms with Crippen molar-refractivity contribution < 1.29 is 0 Å². The van der Waals surface area contributed by atoms with E-state index in [1.54, 1.807) is 0 Å². The van der Waals surface area contributed by atoms with E-state index in [0.29, 0.717) is 0 Å². The van der Waals surface area contributed by atoms with Crippen LogP contribution in [0.4, 0.5) is 5.69 Å². The van der Waals surface area contributed by atoms with Gasteiger partial charge in [0.2, 0.25) is 0 Å². The molecule has 27 heavy (non-hydrogen) atoms. The zero-order valence-corrected chi connectivity index (χ0v) is 18.7. The quantitative estimate of drug-likeness (QED) is 0.298. The third kappa shape index (κ3) is 6.41. The summed E-state index contributed by atoms with van der Waals surface area (Å²) in [7, 11) is 0. The van der Waals surface area contributed by atoms with Crippen LogP contribution in [-0.2, 0) is 6.54 Å². The molecule has 6 nitrogen and oxygen atoms in total. The fourth-order valence-corrected chi connectivity index (χ4v) is 3.25. The highest BCUT2D eigenvalue weighted by Gasteiger charge is 2.19. The highest BCUT2D eigenvalue weighted by molar-refractivity contribution is 14.0. The van der Waals surface area contributed by atoms with Gasteiger partial charge in [0.1, 0.15) is 0 Å². The molecule has 3 rings (SSSR count).